The fourth-order valence-corrected chi connectivity index (χ4v) is 2.37. The smallest absolute Gasteiger partial charge is 0.154 e. The first-order valence-electron chi connectivity index (χ1n) is 4.98. The van der Waals surface area contributed by atoms with Crippen LogP contribution in [0.15, 0.2) is 24.4 Å². The van der Waals surface area contributed by atoms with Gasteiger partial charge in [-0.25, -0.2) is 8.42 Å². The number of aromatic nitrogens is 1. The van der Waals surface area contributed by atoms with E-state index in [1.54, 1.807) is 20.0 Å². The SMILES string of the molecule is CC(C)(C(Cl)Cc1ccccn1)S(C)(=O)=O. The van der Waals surface area contributed by atoms with Crippen molar-refractivity contribution in [3.05, 3.63) is 30.1 Å². The zero-order chi connectivity index (χ0) is 12.4. The minimum absolute atomic E-state index is 0.447. The number of alkyl halides is 1. The molecule has 0 N–H and O–H groups in total. The molecule has 0 amide bonds. The molecule has 1 rings (SSSR count). The molecule has 0 saturated heterocycles. The van der Waals surface area contributed by atoms with Crippen molar-refractivity contribution in [2.75, 3.05) is 6.26 Å². The van der Waals surface area contributed by atoms with E-state index in [0.717, 1.165) is 5.69 Å². The summed E-state index contributed by atoms with van der Waals surface area (Å²) in [7, 11) is -3.18. The van der Waals surface area contributed by atoms with Crippen LogP contribution in [0.5, 0.6) is 0 Å². The highest BCUT2D eigenvalue weighted by Gasteiger charge is 2.37. The number of hydrogen-bond donors (Lipinski definition) is 0. The van der Waals surface area contributed by atoms with Crippen LogP contribution in [0, 0.1) is 0 Å². The molecule has 1 aromatic heterocycles. The first kappa shape index (κ1) is 13.5. The Bertz CT molecular complexity index is 442. The Labute approximate surface area is 102 Å². The van der Waals surface area contributed by atoms with Crippen LogP contribution in [0.2, 0.25) is 0 Å². The van der Waals surface area contributed by atoms with Crippen molar-refractivity contribution in [2.24, 2.45) is 0 Å². The molecule has 0 saturated carbocycles. The van der Waals surface area contributed by atoms with Crippen LogP contribution >= 0.6 is 11.6 Å². The van der Waals surface area contributed by atoms with E-state index in [9.17, 15) is 8.42 Å². The topological polar surface area (TPSA) is 47.0 Å². The van der Waals surface area contributed by atoms with Gasteiger partial charge in [0.1, 0.15) is 0 Å². The summed E-state index contributed by atoms with van der Waals surface area (Å²) in [5.74, 6) is 0. The number of sulfone groups is 1. The molecule has 16 heavy (non-hydrogen) atoms. The molecule has 1 atom stereocenters. The molecule has 1 unspecified atom stereocenters. The average molecular weight is 262 g/mol. The van der Waals surface area contributed by atoms with Crippen molar-refractivity contribution < 1.29 is 8.42 Å². The van der Waals surface area contributed by atoms with Gasteiger partial charge in [-0.2, -0.15) is 0 Å². The maximum absolute atomic E-state index is 11.6. The van der Waals surface area contributed by atoms with Gasteiger partial charge in [-0.3, -0.25) is 4.98 Å². The second-order valence-corrected chi connectivity index (χ2v) is 7.49. The number of rotatable bonds is 4. The average Bonchev–Trinajstić information content (AvgIpc) is 2.17. The summed E-state index contributed by atoms with van der Waals surface area (Å²) in [5.41, 5.74) is 0.805. The van der Waals surface area contributed by atoms with Crippen LogP contribution < -0.4 is 0 Å². The van der Waals surface area contributed by atoms with Gasteiger partial charge in [0.25, 0.3) is 0 Å². The highest BCUT2D eigenvalue weighted by molar-refractivity contribution is 7.92. The molecule has 1 aromatic rings. The van der Waals surface area contributed by atoms with Crippen molar-refractivity contribution >= 4 is 21.4 Å². The normalized spacial score (nSPS) is 14.8. The van der Waals surface area contributed by atoms with Crippen molar-refractivity contribution in [3.8, 4) is 0 Å². The Hall–Kier alpha value is -0.610. The predicted octanol–water partition coefficient (Wildman–Crippen LogP) is 2.05. The Balaban J connectivity index is 2.85. The van der Waals surface area contributed by atoms with E-state index >= 15 is 0 Å². The zero-order valence-electron chi connectivity index (χ0n) is 9.64. The molecule has 0 aliphatic heterocycles. The quantitative estimate of drug-likeness (QED) is 0.780. The molecule has 1 heterocycles. The molecule has 0 aliphatic rings. The molecule has 0 spiro atoms. The summed E-state index contributed by atoms with van der Waals surface area (Å²) < 4.78 is 22.2. The monoisotopic (exact) mass is 261 g/mol. The highest BCUT2D eigenvalue weighted by Crippen LogP contribution is 2.26. The minimum atomic E-state index is -3.18. The molecule has 5 heteroatoms. The minimum Gasteiger partial charge on any atom is -0.261 e. The van der Waals surface area contributed by atoms with Crippen LogP contribution in [-0.2, 0) is 16.3 Å². The van der Waals surface area contributed by atoms with Crippen LogP contribution in [0.4, 0.5) is 0 Å². The lowest BCUT2D eigenvalue weighted by Gasteiger charge is -2.27. The standard InChI is InChI=1S/C11H16ClNO2S/c1-11(2,16(3,14)15)10(12)8-9-6-4-5-7-13-9/h4-7,10H,8H2,1-3H3. The Kier molecular flexibility index (Phi) is 3.97. The van der Waals surface area contributed by atoms with E-state index in [0.29, 0.717) is 6.42 Å². The molecule has 0 fully saturated rings. The van der Waals surface area contributed by atoms with E-state index < -0.39 is 20.0 Å². The highest BCUT2D eigenvalue weighted by atomic mass is 35.5. The van der Waals surface area contributed by atoms with Crippen LogP contribution in [0.1, 0.15) is 19.5 Å². The summed E-state index contributed by atoms with van der Waals surface area (Å²) >= 11 is 6.17. The zero-order valence-corrected chi connectivity index (χ0v) is 11.2. The fourth-order valence-electron chi connectivity index (χ4n) is 1.18. The third-order valence-corrected chi connectivity index (χ3v) is 5.85. The molecule has 0 aliphatic carbocycles. The largest absolute Gasteiger partial charge is 0.261 e. The lowest BCUT2D eigenvalue weighted by Crippen LogP contribution is -2.41. The molecular formula is C11H16ClNO2S. The van der Waals surface area contributed by atoms with Gasteiger partial charge in [0.05, 0.1) is 10.1 Å². The molecular weight excluding hydrogens is 246 g/mol. The molecule has 0 aromatic carbocycles. The van der Waals surface area contributed by atoms with Crippen molar-refractivity contribution in [1.29, 1.82) is 0 Å². The molecule has 90 valence electrons. The predicted molar refractivity (Wildman–Crippen MR) is 66.5 cm³/mol. The number of pyridine rings is 1. The Morgan fingerprint density at radius 1 is 1.44 bits per heavy atom. The molecule has 3 nitrogen and oxygen atoms in total. The molecule has 0 radical (unpaired) electrons. The summed E-state index contributed by atoms with van der Waals surface area (Å²) in [6.45, 7) is 3.28. The Morgan fingerprint density at radius 3 is 2.50 bits per heavy atom. The second kappa shape index (κ2) is 4.72. The Morgan fingerprint density at radius 2 is 2.06 bits per heavy atom. The van der Waals surface area contributed by atoms with E-state index in [2.05, 4.69) is 4.98 Å². The molecule has 0 bridgehead atoms. The van der Waals surface area contributed by atoms with Gasteiger partial charge < -0.3 is 0 Å². The van der Waals surface area contributed by atoms with E-state index in [-0.39, 0.29) is 0 Å². The maximum Gasteiger partial charge on any atom is 0.154 e. The lowest BCUT2D eigenvalue weighted by molar-refractivity contribution is 0.535. The fraction of sp³-hybridized carbons (Fsp3) is 0.545. The van der Waals surface area contributed by atoms with Crippen molar-refractivity contribution in [2.45, 2.75) is 30.4 Å². The van der Waals surface area contributed by atoms with Gasteiger partial charge >= 0.3 is 0 Å². The summed E-state index contributed by atoms with van der Waals surface area (Å²) in [4.78, 5) is 4.14. The number of nitrogens with zero attached hydrogens (tertiary/aromatic N) is 1. The van der Waals surface area contributed by atoms with Gasteiger partial charge in [0.15, 0.2) is 9.84 Å². The van der Waals surface area contributed by atoms with E-state index in [1.165, 1.54) is 6.26 Å². The van der Waals surface area contributed by atoms with E-state index in [4.69, 9.17) is 11.6 Å². The lowest BCUT2D eigenvalue weighted by atomic mass is 10.0. The summed E-state index contributed by atoms with van der Waals surface area (Å²) in [5, 5.41) is -0.489. The van der Waals surface area contributed by atoms with Gasteiger partial charge in [0, 0.05) is 24.6 Å². The summed E-state index contributed by atoms with van der Waals surface area (Å²) in [6.07, 6.45) is 3.33. The van der Waals surface area contributed by atoms with Gasteiger partial charge in [-0.05, 0) is 26.0 Å². The van der Waals surface area contributed by atoms with Crippen LogP contribution in [0.3, 0.4) is 0 Å². The number of hydrogen-bond acceptors (Lipinski definition) is 3. The maximum atomic E-state index is 11.6. The first-order valence-corrected chi connectivity index (χ1v) is 7.31. The van der Waals surface area contributed by atoms with Crippen LogP contribution in [0.25, 0.3) is 0 Å². The third kappa shape index (κ3) is 2.95. The van der Waals surface area contributed by atoms with Crippen molar-refractivity contribution in [3.63, 3.8) is 0 Å². The van der Waals surface area contributed by atoms with Gasteiger partial charge in [-0.1, -0.05) is 6.07 Å². The summed E-state index contributed by atoms with van der Waals surface area (Å²) in [6, 6.07) is 5.52. The van der Waals surface area contributed by atoms with Gasteiger partial charge in [-0.15, -0.1) is 11.6 Å². The van der Waals surface area contributed by atoms with Gasteiger partial charge in [0.2, 0.25) is 0 Å². The van der Waals surface area contributed by atoms with E-state index in [1.807, 2.05) is 18.2 Å². The number of halogens is 1. The third-order valence-electron chi connectivity index (χ3n) is 2.82. The van der Waals surface area contributed by atoms with Crippen molar-refractivity contribution in [1.82, 2.24) is 4.98 Å². The second-order valence-electron chi connectivity index (χ2n) is 4.37. The van der Waals surface area contributed by atoms with Crippen LogP contribution in [-0.4, -0.2) is 29.8 Å². The first-order chi connectivity index (χ1) is 7.25.